The third-order valence-electron chi connectivity index (χ3n) is 5.11. The van der Waals surface area contributed by atoms with Crippen LogP contribution in [-0.2, 0) is 6.54 Å². The van der Waals surface area contributed by atoms with E-state index in [2.05, 4.69) is 48.4 Å². The molecule has 31 heavy (non-hydrogen) atoms. The Kier molecular flexibility index (Phi) is 5.02. The maximum Gasteiger partial charge on any atom is 0.137 e. The first-order chi connectivity index (χ1) is 15.3. The molecule has 0 saturated carbocycles. The Bertz CT molecular complexity index is 1330. The van der Waals surface area contributed by atoms with E-state index in [1.807, 2.05) is 61.9 Å². The molecular formula is C25H20N6. The molecule has 0 radical (unpaired) electrons. The van der Waals surface area contributed by atoms with Crippen molar-refractivity contribution in [3.8, 4) is 22.4 Å². The molecule has 0 unspecified atom stereocenters. The fourth-order valence-corrected chi connectivity index (χ4v) is 3.50. The standard InChI is InChI=1S/C25H20N6/c1-17-11-20(8-10-27-17)23-7-4-18(13-28-23)14-29-25-22-6-5-19(12-24(22)30-16-31-25)21-3-2-9-26-15-21/h2-13,15-16H,14H2,1H3,(H,29,30,31). The van der Waals surface area contributed by atoms with E-state index in [0.29, 0.717) is 6.54 Å². The first kappa shape index (κ1) is 18.8. The molecule has 0 saturated heterocycles. The van der Waals surface area contributed by atoms with Crippen molar-refractivity contribution in [2.45, 2.75) is 13.5 Å². The highest BCUT2D eigenvalue weighted by Gasteiger charge is 2.07. The molecular weight excluding hydrogens is 384 g/mol. The first-order valence-corrected chi connectivity index (χ1v) is 10.0. The predicted octanol–water partition coefficient (Wildman–Crippen LogP) is 5.07. The highest BCUT2D eigenvalue weighted by atomic mass is 15.0. The fourth-order valence-electron chi connectivity index (χ4n) is 3.50. The zero-order valence-corrected chi connectivity index (χ0v) is 17.0. The minimum atomic E-state index is 0.624. The lowest BCUT2D eigenvalue weighted by atomic mass is 10.1. The van der Waals surface area contributed by atoms with Gasteiger partial charge in [0.05, 0.1) is 11.2 Å². The quantitative estimate of drug-likeness (QED) is 0.441. The smallest absolute Gasteiger partial charge is 0.137 e. The maximum absolute atomic E-state index is 4.60. The van der Waals surface area contributed by atoms with Gasteiger partial charge in [-0.2, -0.15) is 0 Å². The summed E-state index contributed by atoms with van der Waals surface area (Å²) in [7, 11) is 0. The van der Waals surface area contributed by atoms with Gasteiger partial charge in [0.25, 0.3) is 0 Å². The van der Waals surface area contributed by atoms with Crippen LogP contribution in [0.25, 0.3) is 33.3 Å². The second kappa shape index (κ2) is 8.28. The fraction of sp³-hybridized carbons (Fsp3) is 0.0800. The van der Waals surface area contributed by atoms with Gasteiger partial charge in [-0.15, -0.1) is 0 Å². The van der Waals surface area contributed by atoms with Crippen LogP contribution in [0.3, 0.4) is 0 Å². The SMILES string of the molecule is Cc1cc(-c2ccc(CNc3ncnc4cc(-c5cccnc5)ccc34)cn2)ccn1. The lowest BCUT2D eigenvalue weighted by Crippen LogP contribution is -2.03. The Labute approximate surface area is 180 Å². The van der Waals surface area contributed by atoms with Crippen molar-refractivity contribution in [3.63, 3.8) is 0 Å². The minimum Gasteiger partial charge on any atom is -0.365 e. The predicted molar refractivity (Wildman–Crippen MR) is 122 cm³/mol. The van der Waals surface area contributed by atoms with Gasteiger partial charge in [-0.05, 0) is 54.4 Å². The summed E-state index contributed by atoms with van der Waals surface area (Å²) in [6.07, 6.45) is 8.91. The monoisotopic (exact) mass is 404 g/mol. The molecule has 6 heteroatoms. The average molecular weight is 404 g/mol. The third-order valence-corrected chi connectivity index (χ3v) is 5.11. The number of rotatable bonds is 5. The molecule has 0 aliphatic carbocycles. The molecule has 1 aromatic carbocycles. The van der Waals surface area contributed by atoms with Crippen molar-refractivity contribution in [2.75, 3.05) is 5.32 Å². The van der Waals surface area contributed by atoms with E-state index in [1.54, 1.807) is 12.5 Å². The second-order valence-electron chi connectivity index (χ2n) is 7.29. The number of anilines is 1. The van der Waals surface area contributed by atoms with Crippen molar-refractivity contribution in [1.29, 1.82) is 0 Å². The molecule has 6 nitrogen and oxygen atoms in total. The number of benzene rings is 1. The molecule has 0 aliphatic heterocycles. The Morgan fingerprint density at radius 2 is 1.74 bits per heavy atom. The van der Waals surface area contributed by atoms with Gasteiger partial charge >= 0.3 is 0 Å². The summed E-state index contributed by atoms with van der Waals surface area (Å²) >= 11 is 0. The highest BCUT2D eigenvalue weighted by Crippen LogP contribution is 2.26. The maximum atomic E-state index is 4.60. The molecule has 0 aliphatic rings. The number of fused-ring (bicyclic) bond motifs is 1. The van der Waals surface area contributed by atoms with Gasteiger partial charge in [0.15, 0.2) is 0 Å². The lowest BCUT2D eigenvalue weighted by Gasteiger charge is -2.10. The normalized spacial score (nSPS) is 10.9. The van der Waals surface area contributed by atoms with E-state index in [0.717, 1.165) is 50.4 Å². The molecule has 0 spiro atoms. The summed E-state index contributed by atoms with van der Waals surface area (Å²) in [6.45, 7) is 2.60. The minimum absolute atomic E-state index is 0.624. The van der Waals surface area contributed by atoms with Crippen molar-refractivity contribution >= 4 is 16.7 Å². The average Bonchev–Trinajstić information content (AvgIpc) is 2.83. The topological polar surface area (TPSA) is 76.5 Å². The Hall–Kier alpha value is -4.19. The van der Waals surface area contributed by atoms with Crippen LogP contribution in [0.1, 0.15) is 11.3 Å². The van der Waals surface area contributed by atoms with Crippen LogP contribution in [0, 0.1) is 6.92 Å². The number of hydrogen-bond acceptors (Lipinski definition) is 6. The number of pyridine rings is 3. The van der Waals surface area contributed by atoms with Gasteiger partial charge in [-0.3, -0.25) is 15.0 Å². The summed E-state index contributed by atoms with van der Waals surface area (Å²) in [5, 5.41) is 4.40. The van der Waals surface area contributed by atoms with Gasteiger partial charge < -0.3 is 5.32 Å². The summed E-state index contributed by atoms with van der Waals surface area (Å²) in [5.74, 6) is 0.802. The summed E-state index contributed by atoms with van der Waals surface area (Å²) in [6, 6.07) is 18.3. The van der Waals surface area contributed by atoms with E-state index in [1.165, 1.54) is 0 Å². The Morgan fingerprint density at radius 1 is 0.774 bits per heavy atom. The number of nitrogens with zero attached hydrogens (tertiary/aromatic N) is 5. The van der Waals surface area contributed by atoms with Gasteiger partial charge in [-0.1, -0.05) is 18.2 Å². The zero-order chi connectivity index (χ0) is 21.0. The number of aromatic nitrogens is 5. The van der Waals surface area contributed by atoms with Gasteiger partial charge in [-0.25, -0.2) is 9.97 Å². The van der Waals surface area contributed by atoms with E-state index < -0.39 is 0 Å². The van der Waals surface area contributed by atoms with E-state index in [-0.39, 0.29) is 0 Å². The Balaban J connectivity index is 1.35. The Morgan fingerprint density at radius 3 is 2.55 bits per heavy atom. The summed E-state index contributed by atoms with van der Waals surface area (Å²) in [4.78, 5) is 21.9. The molecule has 0 atom stereocenters. The zero-order valence-electron chi connectivity index (χ0n) is 17.0. The van der Waals surface area contributed by atoms with Crippen LogP contribution in [0.2, 0.25) is 0 Å². The van der Waals surface area contributed by atoms with Crippen LogP contribution in [0.4, 0.5) is 5.82 Å². The van der Waals surface area contributed by atoms with Gasteiger partial charge in [0, 0.05) is 53.5 Å². The van der Waals surface area contributed by atoms with Crippen molar-refractivity contribution < 1.29 is 0 Å². The van der Waals surface area contributed by atoms with Gasteiger partial charge in [0.1, 0.15) is 12.1 Å². The van der Waals surface area contributed by atoms with Gasteiger partial charge in [0.2, 0.25) is 0 Å². The second-order valence-corrected chi connectivity index (χ2v) is 7.29. The molecule has 1 N–H and O–H groups in total. The van der Waals surface area contributed by atoms with Crippen LogP contribution in [0.15, 0.2) is 85.7 Å². The van der Waals surface area contributed by atoms with Crippen molar-refractivity contribution in [2.24, 2.45) is 0 Å². The summed E-state index contributed by atoms with van der Waals surface area (Å²) < 4.78 is 0. The van der Waals surface area contributed by atoms with Crippen molar-refractivity contribution in [1.82, 2.24) is 24.9 Å². The molecule has 5 aromatic rings. The molecule has 5 rings (SSSR count). The van der Waals surface area contributed by atoms with E-state index >= 15 is 0 Å². The van der Waals surface area contributed by atoms with Crippen LogP contribution in [0.5, 0.6) is 0 Å². The van der Waals surface area contributed by atoms with Crippen LogP contribution >= 0.6 is 0 Å². The number of aryl methyl sites for hydroxylation is 1. The molecule has 0 fully saturated rings. The molecule has 4 aromatic heterocycles. The summed E-state index contributed by atoms with van der Waals surface area (Å²) in [5.41, 5.74) is 7.09. The highest BCUT2D eigenvalue weighted by molar-refractivity contribution is 5.91. The van der Waals surface area contributed by atoms with Crippen molar-refractivity contribution in [3.05, 3.63) is 97.0 Å². The number of hydrogen-bond donors (Lipinski definition) is 1. The van der Waals surface area contributed by atoms with E-state index in [4.69, 9.17) is 0 Å². The first-order valence-electron chi connectivity index (χ1n) is 10.0. The molecule has 0 amide bonds. The van der Waals surface area contributed by atoms with Crippen LogP contribution in [-0.4, -0.2) is 24.9 Å². The van der Waals surface area contributed by atoms with Crippen LogP contribution < -0.4 is 5.32 Å². The lowest BCUT2D eigenvalue weighted by molar-refractivity contribution is 1.08. The largest absolute Gasteiger partial charge is 0.365 e. The van der Waals surface area contributed by atoms with E-state index in [9.17, 15) is 0 Å². The molecule has 150 valence electrons. The third kappa shape index (κ3) is 4.09. The number of nitrogens with one attached hydrogen (secondary N) is 1. The molecule has 4 heterocycles. The molecule has 0 bridgehead atoms.